The zero-order chi connectivity index (χ0) is 23.5. The first-order chi connectivity index (χ1) is 16.6. The van der Waals surface area contributed by atoms with E-state index in [1.165, 1.54) is 0 Å². The van der Waals surface area contributed by atoms with E-state index in [9.17, 15) is 4.79 Å². The summed E-state index contributed by atoms with van der Waals surface area (Å²) in [6.07, 6.45) is 3.13. The van der Waals surface area contributed by atoms with Crippen molar-refractivity contribution in [2.75, 3.05) is 26.1 Å². The van der Waals surface area contributed by atoms with Crippen LogP contribution in [0.1, 0.15) is 10.5 Å². The van der Waals surface area contributed by atoms with Crippen LogP contribution in [-0.2, 0) is 6.54 Å². The van der Waals surface area contributed by atoms with Crippen molar-refractivity contribution in [3.8, 4) is 34.3 Å². The van der Waals surface area contributed by atoms with E-state index in [0.29, 0.717) is 53.0 Å². The molecule has 0 saturated heterocycles. The summed E-state index contributed by atoms with van der Waals surface area (Å²) in [5.41, 5.74) is 2.12. The smallest absolute Gasteiger partial charge is 0.273 e. The Hall–Kier alpha value is -4.47. The minimum atomic E-state index is -0.341. The number of fused-ring (bicyclic) bond motifs is 1. The minimum Gasteiger partial charge on any atom is -0.497 e. The van der Waals surface area contributed by atoms with Gasteiger partial charge in [-0.2, -0.15) is 10.2 Å². The Morgan fingerprint density at radius 2 is 2.03 bits per heavy atom. The van der Waals surface area contributed by atoms with Crippen LogP contribution in [0.3, 0.4) is 0 Å². The number of para-hydroxylation sites is 2. The molecule has 5 rings (SSSR count). The number of anilines is 1. The number of hydrogen-bond acceptors (Lipinski definition) is 7. The first-order valence-electron chi connectivity index (χ1n) is 10.6. The van der Waals surface area contributed by atoms with Gasteiger partial charge in [0.2, 0.25) is 0 Å². The van der Waals surface area contributed by atoms with Gasteiger partial charge in [-0.15, -0.1) is 0 Å². The van der Waals surface area contributed by atoms with Crippen molar-refractivity contribution >= 4 is 11.6 Å². The molecule has 3 heterocycles. The van der Waals surface area contributed by atoms with Gasteiger partial charge >= 0.3 is 0 Å². The Balaban J connectivity index is 1.24. The van der Waals surface area contributed by atoms with E-state index < -0.39 is 0 Å². The number of ether oxygens (including phenoxy) is 4. The van der Waals surface area contributed by atoms with Crippen molar-refractivity contribution in [1.29, 1.82) is 0 Å². The fourth-order valence-corrected chi connectivity index (χ4v) is 3.68. The van der Waals surface area contributed by atoms with Crippen molar-refractivity contribution < 1.29 is 23.7 Å². The molecule has 174 valence electrons. The monoisotopic (exact) mass is 461 g/mol. The molecule has 0 bridgehead atoms. The van der Waals surface area contributed by atoms with Crippen LogP contribution in [-0.4, -0.2) is 52.8 Å². The number of aromatic amines is 1. The van der Waals surface area contributed by atoms with Gasteiger partial charge in [-0.25, -0.2) is 0 Å². The summed E-state index contributed by atoms with van der Waals surface area (Å²) >= 11 is 0. The number of amides is 1. The van der Waals surface area contributed by atoms with Gasteiger partial charge in [-0.05, 0) is 36.4 Å². The van der Waals surface area contributed by atoms with Gasteiger partial charge in [-0.3, -0.25) is 14.6 Å². The van der Waals surface area contributed by atoms with Crippen LogP contribution in [0, 0.1) is 0 Å². The molecular weight excluding hydrogens is 438 g/mol. The van der Waals surface area contributed by atoms with Gasteiger partial charge in [0.05, 0.1) is 38.3 Å². The third-order valence-corrected chi connectivity index (χ3v) is 5.35. The Labute approximate surface area is 195 Å². The normalized spacial score (nSPS) is 14.5. The van der Waals surface area contributed by atoms with Gasteiger partial charge in [0, 0.05) is 11.8 Å². The van der Waals surface area contributed by atoms with Crippen LogP contribution < -0.4 is 24.3 Å². The summed E-state index contributed by atoms with van der Waals surface area (Å²) in [6, 6.07) is 14.6. The number of nitrogens with zero attached hydrogens (tertiary/aromatic N) is 3. The Kier molecular flexibility index (Phi) is 5.77. The second kappa shape index (κ2) is 9.18. The van der Waals surface area contributed by atoms with Gasteiger partial charge < -0.3 is 24.3 Å². The summed E-state index contributed by atoms with van der Waals surface area (Å²) in [5.74, 6) is 2.39. The number of rotatable bonds is 7. The molecule has 0 radical (unpaired) electrons. The highest BCUT2D eigenvalue weighted by molar-refractivity contribution is 6.03. The average Bonchev–Trinajstić information content (AvgIpc) is 3.53. The molecule has 4 aromatic rings. The highest BCUT2D eigenvalue weighted by atomic mass is 16.6. The second-order valence-corrected chi connectivity index (χ2v) is 7.64. The molecule has 1 amide bonds. The van der Waals surface area contributed by atoms with Crippen molar-refractivity contribution in [3.63, 3.8) is 0 Å². The van der Waals surface area contributed by atoms with E-state index >= 15 is 0 Å². The molecule has 1 unspecified atom stereocenters. The van der Waals surface area contributed by atoms with E-state index in [-0.39, 0.29) is 12.0 Å². The zero-order valence-electron chi connectivity index (χ0n) is 18.6. The molecule has 2 aromatic carbocycles. The number of carbonyl (C=O) groups excluding carboxylic acids is 1. The molecule has 0 aliphatic carbocycles. The molecule has 0 fully saturated rings. The lowest BCUT2D eigenvalue weighted by Crippen LogP contribution is -2.33. The van der Waals surface area contributed by atoms with Crippen LogP contribution in [0.5, 0.6) is 23.0 Å². The number of nitrogens with one attached hydrogen (secondary N) is 2. The summed E-state index contributed by atoms with van der Waals surface area (Å²) in [4.78, 5) is 12.8. The van der Waals surface area contributed by atoms with Crippen LogP contribution in [0.15, 0.2) is 60.9 Å². The fraction of sp³-hybridized carbons (Fsp3) is 0.208. The zero-order valence-corrected chi connectivity index (χ0v) is 18.6. The van der Waals surface area contributed by atoms with Crippen molar-refractivity contribution in [2.24, 2.45) is 0 Å². The number of benzene rings is 2. The minimum absolute atomic E-state index is 0.189. The highest BCUT2D eigenvalue weighted by Crippen LogP contribution is 2.33. The number of aromatic nitrogens is 4. The maximum atomic E-state index is 12.8. The Bertz CT molecular complexity index is 1310. The topological polar surface area (TPSA) is 113 Å². The van der Waals surface area contributed by atoms with Crippen molar-refractivity contribution in [3.05, 3.63) is 66.6 Å². The van der Waals surface area contributed by atoms with Gasteiger partial charge in [0.1, 0.15) is 23.8 Å². The predicted octanol–water partition coefficient (Wildman–Crippen LogP) is 3.38. The SMILES string of the molecule is COc1ccc(OC)c(-c2cc(C(=O)Nc3cnn(CC4COc5ccccc5O4)c3)[nH]n2)c1. The number of methoxy groups -OCH3 is 2. The van der Waals surface area contributed by atoms with E-state index in [0.717, 1.165) is 5.75 Å². The van der Waals surface area contributed by atoms with Crippen LogP contribution in [0.25, 0.3) is 11.3 Å². The lowest BCUT2D eigenvalue weighted by Gasteiger charge is -2.26. The lowest BCUT2D eigenvalue weighted by molar-refractivity contribution is 0.0759. The van der Waals surface area contributed by atoms with Crippen molar-refractivity contribution in [1.82, 2.24) is 20.0 Å². The molecule has 2 aromatic heterocycles. The van der Waals surface area contributed by atoms with E-state index in [1.54, 1.807) is 55.6 Å². The number of H-pyrrole nitrogens is 1. The summed E-state index contributed by atoms with van der Waals surface area (Å²) in [6.45, 7) is 0.900. The van der Waals surface area contributed by atoms with Crippen LogP contribution >= 0.6 is 0 Å². The molecule has 0 saturated carbocycles. The fourth-order valence-electron chi connectivity index (χ4n) is 3.68. The molecule has 10 nitrogen and oxygen atoms in total. The number of carbonyl (C=O) groups is 1. The summed E-state index contributed by atoms with van der Waals surface area (Å²) in [7, 11) is 3.16. The Morgan fingerprint density at radius 1 is 1.18 bits per heavy atom. The molecule has 10 heteroatoms. The lowest BCUT2D eigenvalue weighted by atomic mass is 10.1. The highest BCUT2D eigenvalue weighted by Gasteiger charge is 2.22. The molecule has 1 aliphatic heterocycles. The molecule has 1 aliphatic rings. The average molecular weight is 461 g/mol. The van der Waals surface area contributed by atoms with Crippen LogP contribution in [0.2, 0.25) is 0 Å². The van der Waals surface area contributed by atoms with E-state index in [1.807, 2.05) is 24.3 Å². The first-order valence-corrected chi connectivity index (χ1v) is 10.6. The second-order valence-electron chi connectivity index (χ2n) is 7.64. The number of hydrogen-bond donors (Lipinski definition) is 2. The molecule has 1 atom stereocenters. The molecule has 34 heavy (non-hydrogen) atoms. The van der Waals surface area contributed by atoms with Gasteiger partial charge in [0.25, 0.3) is 5.91 Å². The summed E-state index contributed by atoms with van der Waals surface area (Å²) in [5, 5.41) is 14.2. The van der Waals surface area contributed by atoms with E-state index in [2.05, 4.69) is 20.6 Å². The predicted molar refractivity (Wildman–Crippen MR) is 124 cm³/mol. The maximum absolute atomic E-state index is 12.8. The largest absolute Gasteiger partial charge is 0.497 e. The molecular formula is C24H23N5O5. The molecule has 2 N–H and O–H groups in total. The standard InChI is InChI=1S/C24H23N5O5/c1-31-16-7-8-21(32-2)18(9-16)19-10-20(28-27-19)24(30)26-15-11-25-29(12-15)13-17-14-33-22-5-3-4-6-23(22)34-17/h3-12,17H,13-14H2,1-2H3,(H,26,30)(H,27,28). The van der Waals surface area contributed by atoms with Crippen molar-refractivity contribution in [2.45, 2.75) is 12.6 Å². The third-order valence-electron chi connectivity index (χ3n) is 5.35. The quantitative estimate of drug-likeness (QED) is 0.434. The maximum Gasteiger partial charge on any atom is 0.273 e. The third kappa shape index (κ3) is 4.38. The summed E-state index contributed by atoms with van der Waals surface area (Å²) < 4.78 is 24.1. The Morgan fingerprint density at radius 3 is 2.85 bits per heavy atom. The molecule has 0 spiro atoms. The van der Waals surface area contributed by atoms with Gasteiger partial charge in [0.15, 0.2) is 17.6 Å². The van der Waals surface area contributed by atoms with Crippen LogP contribution in [0.4, 0.5) is 5.69 Å². The van der Waals surface area contributed by atoms with E-state index in [4.69, 9.17) is 18.9 Å². The first kappa shape index (κ1) is 21.4. The van der Waals surface area contributed by atoms with Gasteiger partial charge in [-0.1, -0.05) is 12.1 Å².